The number of carbonyl (C=O) groups is 1. The van der Waals surface area contributed by atoms with Crippen LogP contribution in [0.3, 0.4) is 0 Å². The van der Waals surface area contributed by atoms with Crippen LogP contribution in [0.1, 0.15) is 0 Å². The standard InChI is InChI=1S/C12H12N2O/c1-14(12(13)15)11-7-6-9-4-2-3-5-10(9)8-11/h2-8H,1H3,(H2,13,15). The molecule has 0 heterocycles. The first-order chi connectivity index (χ1) is 7.18. The lowest BCUT2D eigenvalue weighted by atomic mass is 10.1. The van der Waals surface area contributed by atoms with Crippen molar-refractivity contribution >= 4 is 22.5 Å². The van der Waals surface area contributed by atoms with E-state index in [1.807, 2.05) is 42.5 Å². The summed E-state index contributed by atoms with van der Waals surface area (Å²) in [6, 6.07) is 13.3. The van der Waals surface area contributed by atoms with E-state index < -0.39 is 6.03 Å². The van der Waals surface area contributed by atoms with E-state index in [-0.39, 0.29) is 0 Å². The van der Waals surface area contributed by atoms with Gasteiger partial charge in [0, 0.05) is 12.7 Å². The number of fused-ring (bicyclic) bond motifs is 1. The molecule has 0 fully saturated rings. The Bertz CT molecular complexity index is 508. The van der Waals surface area contributed by atoms with Crippen molar-refractivity contribution in [3.63, 3.8) is 0 Å². The molecule has 0 saturated heterocycles. The van der Waals surface area contributed by atoms with Crippen LogP contribution in [0, 0.1) is 0 Å². The van der Waals surface area contributed by atoms with Gasteiger partial charge in [-0.2, -0.15) is 0 Å². The molecule has 15 heavy (non-hydrogen) atoms. The molecule has 2 amide bonds. The Labute approximate surface area is 88.1 Å². The van der Waals surface area contributed by atoms with Crippen molar-refractivity contribution in [3.8, 4) is 0 Å². The normalized spacial score (nSPS) is 10.2. The number of amides is 2. The smallest absolute Gasteiger partial charge is 0.318 e. The summed E-state index contributed by atoms with van der Waals surface area (Å²) < 4.78 is 0. The Hall–Kier alpha value is -2.03. The molecule has 2 aromatic rings. The lowest BCUT2D eigenvalue weighted by Crippen LogP contribution is -2.31. The number of primary amides is 1. The van der Waals surface area contributed by atoms with Crippen molar-refractivity contribution in [1.29, 1.82) is 0 Å². The highest BCUT2D eigenvalue weighted by atomic mass is 16.2. The third-order valence-corrected chi connectivity index (χ3v) is 2.45. The number of urea groups is 1. The van der Waals surface area contributed by atoms with Crippen LogP contribution >= 0.6 is 0 Å². The number of hydrogen-bond acceptors (Lipinski definition) is 1. The molecule has 0 aliphatic rings. The summed E-state index contributed by atoms with van der Waals surface area (Å²) in [5.74, 6) is 0. The molecule has 0 saturated carbocycles. The highest BCUT2D eigenvalue weighted by Gasteiger charge is 2.05. The molecule has 0 unspecified atom stereocenters. The van der Waals surface area contributed by atoms with Crippen molar-refractivity contribution in [1.82, 2.24) is 0 Å². The third-order valence-electron chi connectivity index (χ3n) is 2.45. The van der Waals surface area contributed by atoms with Crippen LogP contribution in [-0.2, 0) is 0 Å². The van der Waals surface area contributed by atoms with E-state index in [4.69, 9.17) is 5.73 Å². The van der Waals surface area contributed by atoms with Crippen molar-refractivity contribution in [3.05, 3.63) is 42.5 Å². The van der Waals surface area contributed by atoms with E-state index >= 15 is 0 Å². The second kappa shape index (κ2) is 3.61. The van der Waals surface area contributed by atoms with Crippen LogP contribution in [0.25, 0.3) is 10.8 Å². The fourth-order valence-electron chi connectivity index (χ4n) is 1.51. The van der Waals surface area contributed by atoms with Gasteiger partial charge in [-0.15, -0.1) is 0 Å². The number of carbonyl (C=O) groups excluding carboxylic acids is 1. The predicted octanol–water partition coefficient (Wildman–Crippen LogP) is 2.35. The van der Waals surface area contributed by atoms with Gasteiger partial charge in [0.2, 0.25) is 0 Å². The molecule has 2 aromatic carbocycles. The molecule has 3 heteroatoms. The highest BCUT2D eigenvalue weighted by Crippen LogP contribution is 2.20. The van der Waals surface area contributed by atoms with E-state index in [1.165, 1.54) is 4.90 Å². The molecule has 0 bridgehead atoms. The maximum absolute atomic E-state index is 11.0. The van der Waals surface area contributed by atoms with Crippen LogP contribution in [0.4, 0.5) is 10.5 Å². The zero-order valence-electron chi connectivity index (χ0n) is 8.47. The van der Waals surface area contributed by atoms with Gasteiger partial charge < -0.3 is 5.73 Å². The molecular formula is C12H12N2O. The molecule has 0 aliphatic heterocycles. The Balaban J connectivity index is 2.51. The van der Waals surface area contributed by atoms with Gasteiger partial charge in [-0.1, -0.05) is 30.3 Å². The minimum absolute atomic E-state index is 0.453. The zero-order valence-corrected chi connectivity index (χ0v) is 8.47. The topological polar surface area (TPSA) is 46.3 Å². The van der Waals surface area contributed by atoms with E-state index in [0.717, 1.165) is 16.5 Å². The summed E-state index contributed by atoms with van der Waals surface area (Å²) in [5.41, 5.74) is 6.01. The maximum atomic E-state index is 11.0. The molecule has 2 rings (SSSR count). The molecule has 0 radical (unpaired) electrons. The van der Waals surface area contributed by atoms with Crippen molar-refractivity contribution in [2.45, 2.75) is 0 Å². The first kappa shape index (κ1) is 9.52. The highest BCUT2D eigenvalue weighted by molar-refractivity contribution is 5.94. The predicted molar refractivity (Wildman–Crippen MR) is 61.9 cm³/mol. The summed E-state index contributed by atoms with van der Waals surface area (Å²) in [5, 5.41) is 2.25. The Morgan fingerprint density at radius 3 is 2.47 bits per heavy atom. The average molecular weight is 200 g/mol. The fourth-order valence-corrected chi connectivity index (χ4v) is 1.51. The summed E-state index contributed by atoms with van der Waals surface area (Å²) in [6.07, 6.45) is 0. The minimum atomic E-state index is -0.453. The van der Waals surface area contributed by atoms with Gasteiger partial charge in [-0.05, 0) is 22.9 Å². The second-order valence-corrected chi connectivity index (χ2v) is 3.43. The molecule has 76 valence electrons. The lowest BCUT2D eigenvalue weighted by molar-refractivity contribution is 0.255. The van der Waals surface area contributed by atoms with E-state index in [1.54, 1.807) is 7.05 Å². The molecule has 0 atom stereocenters. The van der Waals surface area contributed by atoms with Crippen LogP contribution in [0.2, 0.25) is 0 Å². The number of rotatable bonds is 1. The maximum Gasteiger partial charge on any atom is 0.318 e. The van der Waals surface area contributed by atoms with Crippen LogP contribution < -0.4 is 10.6 Å². The van der Waals surface area contributed by atoms with E-state index in [2.05, 4.69) is 0 Å². The number of nitrogens with zero attached hydrogens (tertiary/aromatic N) is 1. The number of nitrogens with two attached hydrogens (primary N) is 1. The Morgan fingerprint density at radius 1 is 1.13 bits per heavy atom. The van der Waals surface area contributed by atoms with Gasteiger partial charge in [-0.3, -0.25) is 4.90 Å². The summed E-state index contributed by atoms with van der Waals surface area (Å²) >= 11 is 0. The van der Waals surface area contributed by atoms with Crippen LogP contribution in [0.5, 0.6) is 0 Å². The number of benzene rings is 2. The molecule has 3 nitrogen and oxygen atoms in total. The van der Waals surface area contributed by atoms with Gasteiger partial charge in [-0.25, -0.2) is 4.79 Å². The largest absolute Gasteiger partial charge is 0.351 e. The number of hydrogen-bond donors (Lipinski definition) is 1. The van der Waals surface area contributed by atoms with Crippen molar-refractivity contribution in [2.24, 2.45) is 5.73 Å². The van der Waals surface area contributed by atoms with E-state index in [0.29, 0.717) is 0 Å². The third kappa shape index (κ3) is 1.76. The van der Waals surface area contributed by atoms with Crippen LogP contribution in [0.15, 0.2) is 42.5 Å². The fraction of sp³-hybridized carbons (Fsp3) is 0.0833. The monoisotopic (exact) mass is 200 g/mol. The Kier molecular flexibility index (Phi) is 2.29. The molecule has 0 aromatic heterocycles. The minimum Gasteiger partial charge on any atom is -0.351 e. The van der Waals surface area contributed by atoms with Crippen molar-refractivity contribution < 1.29 is 4.79 Å². The summed E-state index contributed by atoms with van der Waals surface area (Å²) in [4.78, 5) is 12.4. The quantitative estimate of drug-likeness (QED) is 0.754. The first-order valence-electron chi connectivity index (χ1n) is 4.70. The van der Waals surface area contributed by atoms with Gasteiger partial charge in [0.15, 0.2) is 0 Å². The van der Waals surface area contributed by atoms with Crippen LogP contribution in [-0.4, -0.2) is 13.1 Å². The summed E-state index contributed by atoms with van der Waals surface area (Å²) in [6.45, 7) is 0. The van der Waals surface area contributed by atoms with Gasteiger partial charge >= 0.3 is 6.03 Å². The molecular weight excluding hydrogens is 188 g/mol. The SMILES string of the molecule is CN(C(N)=O)c1ccc2ccccc2c1. The first-order valence-corrected chi connectivity index (χ1v) is 4.70. The molecule has 0 aliphatic carbocycles. The second-order valence-electron chi connectivity index (χ2n) is 3.43. The summed E-state index contributed by atoms with van der Waals surface area (Å²) in [7, 11) is 1.66. The molecule has 0 spiro atoms. The number of anilines is 1. The van der Waals surface area contributed by atoms with Gasteiger partial charge in [0.05, 0.1) is 0 Å². The zero-order chi connectivity index (χ0) is 10.8. The van der Waals surface area contributed by atoms with Crippen molar-refractivity contribution in [2.75, 3.05) is 11.9 Å². The average Bonchev–Trinajstić information content (AvgIpc) is 2.27. The molecule has 2 N–H and O–H groups in total. The lowest BCUT2D eigenvalue weighted by Gasteiger charge is -2.14. The van der Waals surface area contributed by atoms with Gasteiger partial charge in [0.25, 0.3) is 0 Å². The van der Waals surface area contributed by atoms with Gasteiger partial charge in [0.1, 0.15) is 0 Å². The Morgan fingerprint density at radius 2 is 1.80 bits per heavy atom. The van der Waals surface area contributed by atoms with E-state index in [9.17, 15) is 4.79 Å².